The largest absolute Gasteiger partial charge is 0.336 e. The zero-order chi connectivity index (χ0) is 10.2. The summed E-state index contributed by atoms with van der Waals surface area (Å²) in [4.78, 5) is 13.7. The van der Waals surface area contributed by atoms with E-state index in [9.17, 15) is 4.79 Å². The van der Waals surface area contributed by atoms with Crippen molar-refractivity contribution in [2.75, 3.05) is 19.6 Å². The molecule has 2 aliphatic rings. The maximum absolute atomic E-state index is 11.7. The van der Waals surface area contributed by atoms with Gasteiger partial charge in [-0.3, -0.25) is 0 Å². The van der Waals surface area contributed by atoms with E-state index < -0.39 is 0 Å². The van der Waals surface area contributed by atoms with Crippen LogP contribution in [-0.4, -0.2) is 42.1 Å². The van der Waals surface area contributed by atoms with E-state index in [4.69, 9.17) is 0 Å². The van der Waals surface area contributed by atoms with Gasteiger partial charge in [0.05, 0.1) is 5.54 Å². The van der Waals surface area contributed by atoms with E-state index in [-0.39, 0.29) is 11.6 Å². The number of carbonyl (C=O) groups excluding carboxylic acids is 1. The average Bonchev–Trinajstić information content (AvgIpc) is 2.45. The molecule has 0 atom stereocenters. The second kappa shape index (κ2) is 3.42. The van der Waals surface area contributed by atoms with Gasteiger partial charge in [0.2, 0.25) is 0 Å². The Morgan fingerprint density at radius 1 is 1.36 bits per heavy atom. The van der Waals surface area contributed by atoms with Gasteiger partial charge in [0.25, 0.3) is 0 Å². The van der Waals surface area contributed by atoms with Crippen molar-refractivity contribution < 1.29 is 4.79 Å². The number of amides is 2. The molecule has 0 radical (unpaired) electrons. The Morgan fingerprint density at radius 3 is 2.57 bits per heavy atom. The van der Waals surface area contributed by atoms with Crippen molar-refractivity contribution in [1.29, 1.82) is 0 Å². The van der Waals surface area contributed by atoms with Crippen molar-refractivity contribution in [3.8, 4) is 0 Å². The third kappa shape index (κ3) is 1.38. The van der Waals surface area contributed by atoms with Gasteiger partial charge in [0.1, 0.15) is 0 Å². The summed E-state index contributed by atoms with van der Waals surface area (Å²) in [7, 11) is 0. The minimum Gasteiger partial charge on any atom is -0.336 e. The van der Waals surface area contributed by atoms with Crippen LogP contribution in [0.3, 0.4) is 0 Å². The fourth-order valence-electron chi connectivity index (χ4n) is 2.72. The fraction of sp³-hybridized carbons (Fsp3) is 0.900. The average molecular weight is 197 g/mol. The first kappa shape index (κ1) is 9.77. The molecule has 2 fully saturated rings. The Hall–Kier alpha value is -0.770. The summed E-state index contributed by atoms with van der Waals surface area (Å²) in [5.41, 5.74) is 0.0938. The summed E-state index contributed by atoms with van der Waals surface area (Å²) >= 11 is 0. The van der Waals surface area contributed by atoms with Gasteiger partial charge in [0.15, 0.2) is 0 Å². The maximum Gasteiger partial charge on any atom is 0.318 e. The van der Waals surface area contributed by atoms with Crippen molar-refractivity contribution >= 4 is 6.03 Å². The van der Waals surface area contributed by atoms with E-state index in [1.165, 1.54) is 0 Å². The number of hydrogen-bond acceptors (Lipinski definition) is 2. The number of rotatable bonds is 1. The van der Waals surface area contributed by atoms with Crippen molar-refractivity contribution in [3.05, 3.63) is 0 Å². The molecule has 80 valence electrons. The van der Waals surface area contributed by atoms with Gasteiger partial charge in [-0.1, -0.05) is 0 Å². The molecule has 2 rings (SSSR count). The van der Waals surface area contributed by atoms with Crippen LogP contribution in [0.2, 0.25) is 0 Å². The van der Waals surface area contributed by atoms with Gasteiger partial charge in [-0.25, -0.2) is 4.79 Å². The molecular formula is C10H19N3O. The highest BCUT2D eigenvalue weighted by molar-refractivity contribution is 5.78. The van der Waals surface area contributed by atoms with Gasteiger partial charge in [0, 0.05) is 12.6 Å². The Kier molecular flexibility index (Phi) is 2.39. The van der Waals surface area contributed by atoms with Crippen molar-refractivity contribution in [1.82, 2.24) is 15.5 Å². The normalized spacial score (nSPS) is 25.9. The first-order valence-electron chi connectivity index (χ1n) is 5.44. The lowest BCUT2D eigenvalue weighted by atomic mass is 9.87. The molecule has 0 aromatic rings. The molecule has 2 N–H and O–H groups in total. The molecule has 0 aromatic carbocycles. The SMILES string of the molecule is CC(C)N1C(=O)NCC12CCNCC2. The van der Waals surface area contributed by atoms with E-state index in [1.54, 1.807) is 0 Å². The standard InChI is InChI=1S/C10H19N3O/c1-8(2)13-9(14)12-7-10(13)3-5-11-6-4-10/h8,11H,3-7H2,1-2H3,(H,12,14). The van der Waals surface area contributed by atoms with Crippen molar-refractivity contribution in [2.45, 2.75) is 38.3 Å². The predicted molar refractivity (Wildman–Crippen MR) is 55.2 cm³/mol. The number of nitrogens with zero attached hydrogens (tertiary/aromatic N) is 1. The summed E-state index contributed by atoms with van der Waals surface area (Å²) in [5.74, 6) is 0. The van der Waals surface area contributed by atoms with Crippen LogP contribution < -0.4 is 10.6 Å². The molecule has 0 aliphatic carbocycles. The molecule has 0 aromatic heterocycles. The Balaban J connectivity index is 2.20. The van der Waals surface area contributed by atoms with Crippen LogP contribution in [0.4, 0.5) is 4.79 Å². The molecule has 0 bridgehead atoms. The topological polar surface area (TPSA) is 44.4 Å². The van der Waals surface area contributed by atoms with Gasteiger partial charge in [-0.05, 0) is 39.8 Å². The lowest BCUT2D eigenvalue weighted by Crippen LogP contribution is -2.55. The summed E-state index contributed by atoms with van der Waals surface area (Å²) in [6.45, 7) is 7.06. The summed E-state index contributed by atoms with van der Waals surface area (Å²) in [6.07, 6.45) is 2.15. The van der Waals surface area contributed by atoms with E-state index in [1.807, 2.05) is 4.90 Å². The number of nitrogens with one attached hydrogen (secondary N) is 2. The number of piperidine rings is 1. The lowest BCUT2D eigenvalue weighted by molar-refractivity contribution is 0.101. The Morgan fingerprint density at radius 2 is 2.00 bits per heavy atom. The molecule has 4 nitrogen and oxygen atoms in total. The maximum atomic E-state index is 11.7. The minimum atomic E-state index is 0.0938. The van der Waals surface area contributed by atoms with E-state index >= 15 is 0 Å². The molecule has 0 saturated carbocycles. The van der Waals surface area contributed by atoms with Gasteiger partial charge in [-0.15, -0.1) is 0 Å². The highest BCUT2D eigenvalue weighted by Crippen LogP contribution is 2.31. The van der Waals surface area contributed by atoms with Crippen LogP contribution in [-0.2, 0) is 0 Å². The first-order valence-corrected chi connectivity index (χ1v) is 5.44. The molecule has 2 amide bonds. The van der Waals surface area contributed by atoms with Crippen LogP contribution >= 0.6 is 0 Å². The third-order valence-corrected chi connectivity index (χ3v) is 3.35. The highest BCUT2D eigenvalue weighted by Gasteiger charge is 2.46. The second-order valence-corrected chi connectivity index (χ2v) is 4.60. The summed E-state index contributed by atoms with van der Waals surface area (Å²) < 4.78 is 0. The smallest absolute Gasteiger partial charge is 0.318 e. The monoisotopic (exact) mass is 197 g/mol. The molecular weight excluding hydrogens is 178 g/mol. The lowest BCUT2D eigenvalue weighted by Gasteiger charge is -2.42. The number of urea groups is 1. The van der Waals surface area contributed by atoms with E-state index in [0.29, 0.717) is 6.04 Å². The zero-order valence-electron chi connectivity index (χ0n) is 8.97. The molecule has 2 heterocycles. The van der Waals surface area contributed by atoms with Crippen LogP contribution in [0.25, 0.3) is 0 Å². The van der Waals surface area contributed by atoms with Crippen molar-refractivity contribution in [2.24, 2.45) is 0 Å². The fourth-order valence-corrected chi connectivity index (χ4v) is 2.72. The molecule has 0 unspecified atom stereocenters. The number of carbonyl (C=O) groups is 1. The Labute approximate surface area is 85.0 Å². The van der Waals surface area contributed by atoms with Gasteiger partial charge in [-0.2, -0.15) is 0 Å². The summed E-state index contributed by atoms with van der Waals surface area (Å²) in [6, 6.07) is 0.414. The minimum absolute atomic E-state index is 0.0938. The van der Waals surface area contributed by atoms with Crippen LogP contribution in [0.5, 0.6) is 0 Å². The van der Waals surface area contributed by atoms with Crippen LogP contribution in [0.15, 0.2) is 0 Å². The Bertz CT molecular complexity index is 234. The predicted octanol–water partition coefficient (Wildman–Crippen LogP) is 0.542. The quantitative estimate of drug-likeness (QED) is 0.644. The van der Waals surface area contributed by atoms with Gasteiger partial charge < -0.3 is 15.5 Å². The van der Waals surface area contributed by atoms with Crippen molar-refractivity contribution in [3.63, 3.8) is 0 Å². The van der Waals surface area contributed by atoms with Crippen LogP contribution in [0.1, 0.15) is 26.7 Å². The molecule has 4 heteroatoms. The number of hydrogen-bond donors (Lipinski definition) is 2. The van der Waals surface area contributed by atoms with Gasteiger partial charge >= 0.3 is 6.03 Å². The molecule has 2 aliphatic heterocycles. The molecule has 14 heavy (non-hydrogen) atoms. The molecule has 2 saturated heterocycles. The third-order valence-electron chi connectivity index (χ3n) is 3.35. The van der Waals surface area contributed by atoms with E-state index in [0.717, 1.165) is 32.5 Å². The van der Waals surface area contributed by atoms with Crippen LogP contribution in [0, 0.1) is 0 Å². The highest BCUT2D eigenvalue weighted by atomic mass is 16.2. The second-order valence-electron chi connectivity index (χ2n) is 4.60. The molecule has 1 spiro atoms. The first-order chi connectivity index (χ1) is 6.66. The van der Waals surface area contributed by atoms with E-state index in [2.05, 4.69) is 24.5 Å². The summed E-state index contributed by atoms with van der Waals surface area (Å²) in [5, 5.41) is 6.32. The zero-order valence-corrected chi connectivity index (χ0v) is 8.97.